The number of nitrogens with zero attached hydrogens (tertiary/aromatic N) is 1. The standard InChI is InChI=1S/C25H27F3N2/c1-16-14-18(19-6-4-5-7-20(19)25(26,27)28)15-21-23(16)30-22(29-21)9-8-17-10-12-24(2,3)13-11-17/h4-9,14-15,17H,10-13H2,1-3H3,(H,29,30)/b9-8+. The molecule has 0 unspecified atom stereocenters. The lowest BCUT2D eigenvalue weighted by molar-refractivity contribution is -0.137. The number of fused-ring (bicyclic) bond motifs is 1. The number of aromatic nitrogens is 2. The predicted octanol–water partition coefficient (Wildman–Crippen LogP) is 7.79. The third kappa shape index (κ3) is 4.30. The van der Waals surface area contributed by atoms with Crippen LogP contribution in [-0.2, 0) is 6.18 Å². The molecular weight excluding hydrogens is 385 g/mol. The number of aromatic amines is 1. The lowest BCUT2D eigenvalue weighted by Crippen LogP contribution is -2.20. The number of rotatable bonds is 3. The average molecular weight is 412 g/mol. The highest BCUT2D eigenvalue weighted by Crippen LogP contribution is 2.39. The molecule has 0 bridgehead atoms. The van der Waals surface area contributed by atoms with Crippen LogP contribution < -0.4 is 0 Å². The van der Waals surface area contributed by atoms with Crippen LogP contribution in [0.3, 0.4) is 0 Å². The Morgan fingerprint density at radius 3 is 2.50 bits per heavy atom. The van der Waals surface area contributed by atoms with Crippen LogP contribution in [0, 0.1) is 18.3 Å². The molecule has 0 radical (unpaired) electrons. The summed E-state index contributed by atoms with van der Waals surface area (Å²) in [4.78, 5) is 7.96. The van der Waals surface area contributed by atoms with Gasteiger partial charge in [-0.25, -0.2) is 4.98 Å². The smallest absolute Gasteiger partial charge is 0.338 e. The van der Waals surface area contributed by atoms with E-state index in [9.17, 15) is 13.2 Å². The molecule has 1 aliphatic carbocycles. The second-order valence-electron chi connectivity index (χ2n) is 9.21. The summed E-state index contributed by atoms with van der Waals surface area (Å²) in [5, 5.41) is 0. The molecule has 1 fully saturated rings. The number of allylic oxidation sites excluding steroid dienone is 1. The Hall–Kier alpha value is -2.56. The minimum Gasteiger partial charge on any atom is -0.338 e. The molecule has 3 aromatic rings. The SMILES string of the molecule is Cc1cc(-c2ccccc2C(F)(F)F)cc2nc(/C=C/C3CCC(C)(C)CC3)[nH]c12. The second kappa shape index (κ2) is 7.60. The maximum absolute atomic E-state index is 13.4. The summed E-state index contributed by atoms with van der Waals surface area (Å²) >= 11 is 0. The maximum Gasteiger partial charge on any atom is 0.417 e. The Balaban J connectivity index is 1.64. The van der Waals surface area contributed by atoms with Crippen molar-refractivity contribution >= 4 is 17.1 Å². The van der Waals surface area contributed by atoms with Crippen molar-refractivity contribution in [2.45, 2.75) is 52.6 Å². The van der Waals surface area contributed by atoms with Crippen LogP contribution >= 0.6 is 0 Å². The van der Waals surface area contributed by atoms with E-state index in [1.807, 2.05) is 13.0 Å². The number of H-pyrrole nitrogens is 1. The fraction of sp³-hybridized carbons (Fsp3) is 0.400. The summed E-state index contributed by atoms with van der Waals surface area (Å²) in [5.41, 5.74) is 2.96. The zero-order chi connectivity index (χ0) is 21.5. The van der Waals surface area contributed by atoms with Gasteiger partial charge in [-0.2, -0.15) is 13.2 Å². The largest absolute Gasteiger partial charge is 0.417 e. The topological polar surface area (TPSA) is 28.7 Å². The van der Waals surface area contributed by atoms with Crippen LogP contribution in [-0.4, -0.2) is 9.97 Å². The van der Waals surface area contributed by atoms with Crippen molar-refractivity contribution in [3.63, 3.8) is 0 Å². The first-order valence-corrected chi connectivity index (χ1v) is 10.5. The third-order valence-corrected chi connectivity index (χ3v) is 6.26. The number of imidazole rings is 1. The first-order chi connectivity index (χ1) is 14.1. The zero-order valence-electron chi connectivity index (χ0n) is 17.6. The highest BCUT2D eigenvalue weighted by molar-refractivity contribution is 5.86. The molecule has 0 amide bonds. The molecule has 1 aliphatic rings. The molecular formula is C25H27F3N2. The summed E-state index contributed by atoms with van der Waals surface area (Å²) in [6, 6.07) is 9.22. The van der Waals surface area contributed by atoms with Gasteiger partial charge in [0, 0.05) is 0 Å². The van der Waals surface area contributed by atoms with Crippen molar-refractivity contribution in [2.75, 3.05) is 0 Å². The third-order valence-electron chi connectivity index (χ3n) is 6.26. The Morgan fingerprint density at radius 2 is 1.80 bits per heavy atom. The van der Waals surface area contributed by atoms with E-state index in [1.54, 1.807) is 18.2 Å². The lowest BCUT2D eigenvalue weighted by Gasteiger charge is -2.32. The summed E-state index contributed by atoms with van der Waals surface area (Å²) < 4.78 is 40.3. The average Bonchev–Trinajstić information content (AvgIpc) is 3.10. The van der Waals surface area contributed by atoms with Crippen molar-refractivity contribution in [1.82, 2.24) is 9.97 Å². The van der Waals surface area contributed by atoms with Crippen molar-refractivity contribution in [3.05, 3.63) is 59.4 Å². The number of benzene rings is 2. The van der Waals surface area contributed by atoms with Crippen molar-refractivity contribution in [3.8, 4) is 11.1 Å². The monoisotopic (exact) mass is 412 g/mol. The quantitative estimate of drug-likeness (QED) is 0.467. The number of hydrogen-bond donors (Lipinski definition) is 1. The Morgan fingerprint density at radius 1 is 1.10 bits per heavy atom. The molecule has 1 heterocycles. The molecule has 0 spiro atoms. The lowest BCUT2D eigenvalue weighted by atomic mass is 9.73. The molecule has 2 aromatic carbocycles. The van der Waals surface area contributed by atoms with Crippen LogP contribution in [0.2, 0.25) is 0 Å². The van der Waals surface area contributed by atoms with E-state index in [1.165, 1.54) is 37.8 Å². The molecule has 1 N–H and O–H groups in total. The molecule has 158 valence electrons. The van der Waals surface area contributed by atoms with E-state index in [4.69, 9.17) is 0 Å². The van der Waals surface area contributed by atoms with Gasteiger partial charge >= 0.3 is 6.18 Å². The molecule has 2 nitrogen and oxygen atoms in total. The number of halogens is 3. The van der Waals surface area contributed by atoms with E-state index >= 15 is 0 Å². The molecule has 1 aromatic heterocycles. The van der Waals surface area contributed by atoms with Crippen molar-refractivity contribution in [2.24, 2.45) is 11.3 Å². The van der Waals surface area contributed by atoms with Gasteiger partial charge in [0.2, 0.25) is 0 Å². The van der Waals surface area contributed by atoms with Gasteiger partial charge < -0.3 is 4.98 Å². The fourth-order valence-corrected chi connectivity index (χ4v) is 4.36. The first-order valence-electron chi connectivity index (χ1n) is 10.5. The molecule has 0 saturated heterocycles. The van der Waals surface area contributed by atoms with E-state index in [0.29, 0.717) is 22.4 Å². The predicted molar refractivity (Wildman–Crippen MR) is 116 cm³/mol. The maximum atomic E-state index is 13.4. The van der Waals surface area contributed by atoms with Gasteiger partial charge in [-0.05, 0) is 84.9 Å². The second-order valence-corrected chi connectivity index (χ2v) is 9.21. The summed E-state index contributed by atoms with van der Waals surface area (Å²) in [7, 11) is 0. The van der Waals surface area contributed by atoms with Crippen LogP contribution in [0.15, 0.2) is 42.5 Å². The number of nitrogens with one attached hydrogen (secondary N) is 1. The molecule has 5 heteroatoms. The van der Waals surface area contributed by atoms with Crippen LogP contribution in [0.1, 0.15) is 56.5 Å². The number of alkyl halides is 3. The normalized spacial score (nSPS) is 17.8. The van der Waals surface area contributed by atoms with Crippen molar-refractivity contribution < 1.29 is 13.2 Å². The van der Waals surface area contributed by atoms with Gasteiger partial charge in [0.25, 0.3) is 0 Å². The number of aryl methyl sites for hydroxylation is 1. The first kappa shape index (κ1) is 20.7. The van der Waals surface area contributed by atoms with Gasteiger partial charge in [-0.3, -0.25) is 0 Å². The Kier molecular flexibility index (Phi) is 5.25. The molecule has 4 rings (SSSR count). The molecule has 0 atom stereocenters. The van der Waals surface area contributed by atoms with Crippen molar-refractivity contribution in [1.29, 1.82) is 0 Å². The summed E-state index contributed by atoms with van der Waals surface area (Å²) in [5.74, 6) is 1.31. The molecule has 1 saturated carbocycles. The fourth-order valence-electron chi connectivity index (χ4n) is 4.36. The summed E-state index contributed by atoms with van der Waals surface area (Å²) in [6.45, 7) is 6.55. The van der Waals surface area contributed by atoms with E-state index in [2.05, 4.69) is 29.9 Å². The van der Waals surface area contributed by atoms with Gasteiger partial charge in [-0.15, -0.1) is 0 Å². The zero-order valence-corrected chi connectivity index (χ0v) is 17.6. The molecule has 30 heavy (non-hydrogen) atoms. The van der Waals surface area contributed by atoms with Crippen LogP contribution in [0.4, 0.5) is 13.2 Å². The molecule has 0 aliphatic heterocycles. The highest BCUT2D eigenvalue weighted by Gasteiger charge is 2.33. The Bertz CT molecular complexity index is 1080. The minimum absolute atomic E-state index is 0.180. The van der Waals surface area contributed by atoms with Gasteiger partial charge in [0.1, 0.15) is 5.82 Å². The minimum atomic E-state index is -4.40. The van der Waals surface area contributed by atoms with E-state index in [0.717, 1.165) is 23.0 Å². The van der Waals surface area contributed by atoms with Gasteiger partial charge in [-0.1, -0.05) is 38.1 Å². The van der Waals surface area contributed by atoms with Crippen LogP contribution in [0.5, 0.6) is 0 Å². The van der Waals surface area contributed by atoms with Crippen LogP contribution in [0.25, 0.3) is 28.2 Å². The number of hydrogen-bond acceptors (Lipinski definition) is 1. The van der Waals surface area contributed by atoms with E-state index in [-0.39, 0.29) is 5.56 Å². The highest BCUT2D eigenvalue weighted by atomic mass is 19.4. The summed E-state index contributed by atoms with van der Waals surface area (Å²) in [6.07, 6.45) is 4.66. The Labute approximate surface area is 175 Å². The van der Waals surface area contributed by atoms with E-state index < -0.39 is 11.7 Å². The van der Waals surface area contributed by atoms with Gasteiger partial charge in [0.05, 0.1) is 16.6 Å². The van der Waals surface area contributed by atoms with Gasteiger partial charge in [0.15, 0.2) is 0 Å².